The van der Waals surface area contributed by atoms with Crippen molar-refractivity contribution in [1.82, 2.24) is 10.2 Å². The number of hydrogen-bond acceptors (Lipinski definition) is 6. The summed E-state index contributed by atoms with van der Waals surface area (Å²) in [6, 6.07) is 6.10. The molecule has 0 aliphatic heterocycles. The summed E-state index contributed by atoms with van der Waals surface area (Å²) < 4.78 is 10.2. The number of halogens is 1. The third-order valence-electron chi connectivity index (χ3n) is 5.57. The molecule has 9 heteroatoms. The number of benzene rings is 1. The van der Waals surface area contributed by atoms with E-state index in [2.05, 4.69) is 5.32 Å². The highest BCUT2D eigenvalue weighted by molar-refractivity contribution is 6.31. The molecule has 0 heterocycles. The van der Waals surface area contributed by atoms with Crippen LogP contribution < -0.4 is 5.32 Å². The van der Waals surface area contributed by atoms with Crippen LogP contribution in [-0.2, 0) is 29.4 Å². The Hall–Kier alpha value is -2.61. The van der Waals surface area contributed by atoms with Gasteiger partial charge in [-0.25, -0.2) is 9.59 Å². The van der Waals surface area contributed by atoms with Crippen molar-refractivity contribution in [1.29, 1.82) is 0 Å². The molecule has 2 rings (SSSR count). The zero-order valence-corrected chi connectivity index (χ0v) is 19.7. The molecule has 1 aromatic rings. The van der Waals surface area contributed by atoms with E-state index in [0.717, 1.165) is 12.8 Å². The molecule has 32 heavy (non-hydrogen) atoms. The maximum absolute atomic E-state index is 13.1. The quantitative estimate of drug-likeness (QED) is 0.462. The number of rotatable bonds is 8. The maximum Gasteiger partial charge on any atom is 0.413 e. The smallest absolute Gasteiger partial charge is 0.413 e. The molecule has 8 nitrogen and oxygen atoms in total. The average molecular weight is 467 g/mol. The number of ketones is 1. The van der Waals surface area contributed by atoms with Crippen LogP contribution in [0, 0.1) is 5.92 Å². The van der Waals surface area contributed by atoms with Crippen LogP contribution in [-0.4, -0.2) is 48.5 Å². The summed E-state index contributed by atoms with van der Waals surface area (Å²) in [5.41, 5.74) is -0.695. The number of hydrogen-bond donors (Lipinski definition) is 1. The van der Waals surface area contributed by atoms with Gasteiger partial charge >= 0.3 is 12.1 Å². The van der Waals surface area contributed by atoms with Crippen molar-refractivity contribution in [3.63, 3.8) is 0 Å². The molecule has 0 saturated heterocycles. The van der Waals surface area contributed by atoms with Gasteiger partial charge in [0.15, 0.2) is 5.78 Å². The third-order valence-corrected chi connectivity index (χ3v) is 5.90. The Kier molecular flexibility index (Phi) is 9.07. The van der Waals surface area contributed by atoms with Crippen molar-refractivity contribution < 1.29 is 28.7 Å². The molecule has 1 N–H and O–H groups in total. The largest absolute Gasteiger partial charge is 0.426 e. The van der Waals surface area contributed by atoms with Crippen molar-refractivity contribution in [2.45, 2.75) is 64.5 Å². The van der Waals surface area contributed by atoms with Crippen LogP contribution >= 0.6 is 11.6 Å². The Balaban J connectivity index is 2.10. The van der Waals surface area contributed by atoms with Crippen LogP contribution in [0.3, 0.4) is 0 Å². The number of amides is 2. The number of esters is 1. The fourth-order valence-electron chi connectivity index (χ4n) is 4.05. The zero-order valence-electron chi connectivity index (χ0n) is 19.0. The Morgan fingerprint density at radius 1 is 1.19 bits per heavy atom. The number of likely N-dealkylation sites (N-methyl/N-ethyl adjacent to an activating group) is 1. The minimum Gasteiger partial charge on any atom is -0.426 e. The van der Waals surface area contributed by atoms with Gasteiger partial charge in [0.2, 0.25) is 12.7 Å². The highest BCUT2D eigenvalue weighted by Crippen LogP contribution is 2.42. The van der Waals surface area contributed by atoms with Crippen molar-refractivity contribution in [3.05, 3.63) is 34.9 Å². The first kappa shape index (κ1) is 25.6. The molecule has 1 fully saturated rings. The van der Waals surface area contributed by atoms with Gasteiger partial charge in [-0.05, 0) is 37.7 Å². The van der Waals surface area contributed by atoms with E-state index in [1.165, 1.54) is 18.9 Å². The Bertz CT molecular complexity index is 859. The standard InChI is InChI=1S/C23H31ClN2O6/c1-15(2)13-19(25-16(3)27)21(29)31-14-32-22(30)26(4)23(12-8-7-11-20(23)28)17-9-5-6-10-18(17)24/h5-6,9-10,15,19H,7-8,11-14H2,1-4H3,(H,25,27)/t19-,23+/m0/s1. The molecule has 1 aromatic carbocycles. The van der Waals surface area contributed by atoms with E-state index < -0.39 is 30.4 Å². The second-order valence-corrected chi connectivity index (χ2v) is 8.81. The molecule has 176 valence electrons. The normalized spacial score (nSPS) is 19.2. The van der Waals surface area contributed by atoms with Crippen LogP contribution in [0.1, 0.15) is 58.4 Å². The summed E-state index contributed by atoms with van der Waals surface area (Å²) in [7, 11) is 1.48. The summed E-state index contributed by atoms with van der Waals surface area (Å²) >= 11 is 6.39. The van der Waals surface area contributed by atoms with E-state index in [4.69, 9.17) is 21.1 Å². The molecule has 0 bridgehead atoms. The van der Waals surface area contributed by atoms with Crippen LogP contribution in [0.15, 0.2) is 24.3 Å². The van der Waals surface area contributed by atoms with Gasteiger partial charge in [0.25, 0.3) is 0 Å². The van der Waals surface area contributed by atoms with E-state index in [1.54, 1.807) is 24.3 Å². The number of nitrogens with zero attached hydrogens (tertiary/aromatic N) is 1. The molecule has 0 unspecified atom stereocenters. The van der Waals surface area contributed by atoms with Crippen molar-refractivity contribution in [2.24, 2.45) is 5.92 Å². The van der Waals surface area contributed by atoms with Crippen LogP contribution in [0.2, 0.25) is 5.02 Å². The summed E-state index contributed by atoms with van der Waals surface area (Å²) in [4.78, 5) is 50.8. The highest BCUT2D eigenvalue weighted by Gasteiger charge is 2.48. The second-order valence-electron chi connectivity index (χ2n) is 8.40. The zero-order chi connectivity index (χ0) is 23.9. The molecule has 0 radical (unpaired) electrons. The minimum absolute atomic E-state index is 0.115. The highest BCUT2D eigenvalue weighted by atomic mass is 35.5. The monoisotopic (exact) mass is 466 g/mol. The van der Waals surface area contributed by atoms with Gasteiger partial charge in [-0.15, -0.1) is 0 Å². The Labute approximate surface area is 193 Å². The molecule has 2 atom stereocenters. The van der Waals surface area contributed by atoms with Crippen LogP contribution in [0.4, 0.5) is 4.79 Å². The van der Waals surface area contributed by atoms with Crippen LogP contribution in [0.25, 0.3) is 0 Å². The van der Waals surface area contributed by atoms with E-state index in [-0.39, 0.29) is 17.6 Å². The summed E-state index contributed by atoms with van der Waals surface area (Å²) in [5, 5.41) is 2.93. The van der Waals surface area contributed by atoms with Crippen molar-refractivity contribution in [2.75, 3.05) is 13.8 Å². The molecular formula is C23H31ClN2O6. The molecule has 0 aromatic heterocycles. The van der Waals surface area contributed by atoms with Gasteiger partial charge in [-0.1, -0.05) is 43.6 Å². The van der Waals surface area contributed by atoms with Gasteiger partial charge in [0, 0.05) is 31.0 Å². The predicted molar refractivity (Wildman–Crippen MR) is 119 cm³/mol. The lowest BCUT2D eigenvalue weighted by molar-refractivity contribution is -0.157. The lowest BCUT2D eigenvalue weighted by atomic mass is 9.74. The van der Waals surface area contributed by atoms with Crippen molar-refractivity contribution in [3.8, 4) is 0 Å². The molecule has 1 aliphatic carbocycles. The lowest BCUT2D eigenvalue weighted by Gasteiger charge is -2.43. The van der Waals surface area contributed by atoms with E-state index >= 15 is 0 Å². The van der Waals surface area contributed by atoms with Gasteiger partial charge in [-0.3, -0.25) is 14.5 Å². The SMILES string of the molecule is CC(=O)N[C@@H](CC(C)C)C(=O)OCOC(=O)N(C)[C@@]1(c2ccccc2Cl)CCCCC1=O. The summed E-state index contributed by atoms with van der Waals surface area (Å²) in [6.07, 6.45) is 1.80. The molecule has 2 amide bonds. The van der Waals surface area contributed by atoms with E-state index in [9.17, 15) is 19.2 Å². The fourth-order valence-corrected chi connectivity index (χ4v) is 4.34. The van der Waals surface area contributed by atoms with E-state index in [0.29, 0.717) is 29.8 Å². The number of carbonyl (C=O) groups is 4. The minimum atomic E-state index is -1.24. The van der Waals surface area contributed by atoms with Gasteiger partial charge in [0.1, 0.15) is 11.6 Å². The fraction of sp³-hybridized carbons (Fsp3) is 0.565. The molecule has 0 spiro atoms. The number of nitrogens with one attached hydrogen (secondary N) is 1. The van der Waals surface area contributed by atoms with Crippen molar-refractivity contribution >= 4 is 35.4 Å². The lowest BCUT2D eigenvalue weighted by Crippen LogP contribution is -2.54. The van der Waals surface area contributed by atoms with E-state index in [1.807, 2.05) is 13.8 Å². The second kappa shape index (κ2) is 11.3. The predicted octanol–water partition coefficient (Wildman–Crippen LogP) is 3.80. The van der Waals surface area contributed by atoms with Gasteiger partial charge in [0.05, 0.1) is 0 Å². The summed E-state index contributed by atoms with van der Waals surface area (Å²) in [5.74, 6) is -1.03. The first-order valence-corrected chi connectivity index (χ1v) is 11.1. The molecule has 1 saturated carbocycles. The first-order valence-electron chi connectivity index (χ1n) is 10.7. The summed E-state index contributed by atoms with van der Waals surface area (Å²) in [6.45, 7) is 4.49. The van der Waals surface area contributed by atoms with Crippen LogP contribution in [0.5, 0.6) is 0 Å². The molecule has 1 aliphatic rings. The number of Topliss-reactive ketones (excluding diaryl/α,β-unsaturated/α-hetero) is 1. The number of carbonyl (C=O) groups excluding carboxylic acids is 4. The number of ether oxygens (including phenoxy) is 2. The molecular weight excluding hydrogens is 436 g/mol. The average Bonchev–Trinajstić information content (AvgIpc) is 2.73. The third kappa shape index (κ3) is 6.00. The Morgan fingerprint density at radius 2 is 1.88 bits per heavy atom. The van der Waals surface area contributed by atoms with Gasteiger partial charge in [-0.2, -0.15) is 0 Å². The maximum atomic E-state index is 13.1. The topological polar surface area (TPSA) is 102 Å². The Morgan fingerprint density at radius 3 is 2.47 bits per heavy atom. The van der Waals surface area contributed by atoms with Gasteiger partial charge < -0.3 is 14.8 Å². The first-order chi connectivity index (χ1) is 15.1.